The molecule has 0 radical (unpaired) electrons. The first kappa shape index (κ1) is 23.1. The van der Waals surface area contributed by atoms with Crippen molar-refractivity contribution in [2.75, 3.05) is 13.1 Å². The van der Waals surface area contributed by atoms with Crippen molar-refractivity contribution in [3.63, 3.8) is 0 Å². The molecule has 0 N–H and O–H groups in total. The van der Waals surface area contributed by atoms with E-state index in [-0.39, 0.29) is 24.4 Å². The highest BCUT2D eigenvalue weighted by molar-refractivity contribution is 6.62. The quantitative estimate of drug-likeness (QED) is 0.675. The van der Waals surface area contributed by atoms with Gasteiger partial charge in [0.15, 0.2) is 0 Å². The highest BCUT2D eigenvalue weighted by Gasteiger charge is 2.51. The molecule has 1 aromatic heterocycles. The van der Waals surface area contributed by atoms with E-state index >= 15 is 0 Å². The molecule has 2 aliphatic heterocycles. The van der Waals surface area contributed by atoms with Gasteiger partial charge < -0.3 is 18.9 Å². The summed E-state index contributed by atoms with van der Waals surface area (Å²) in [6.45, 7) is 16.3. The molecular weight excluding hydrogens is 405 g/mol. The molecule has 2 aliphatic rings. The zero-order valence-corrected chi connectivity index (χ0v) is 20.5. The Kier molecular flexibility index (Phi) is 5.82. The van der Waals surface area contributed by atoms with Crippen LogP contribution in [0.25, 0.3) is 10.9 Å². The van der Waals surface area contributed by atoms with Crippen molar-refractivity contribution in [2.45, 2.75) is 84.7 Å². The van der Waals surface area contributed by atoms with Crippen LogP contribution in [0.5, 0.6) is 0 Å². The van der Waals surface area contributed by atoms with Gasteiger partial charge in [0.05, 0.1) is 16.7 Å². The third kappa shape index (κ3) is 4.81. The van der Waals surface area contributed by atoms with Gasteiger partial charge in [0.1, 0.15) is 5.60 Å². The molecule has 1 aromatic carbocycles. The molecule has 0 atom stereocenters. The first-order valence-corrected chi connectivity index (χ1v) is 11.6. The number of fused-ring (bicyclic) bond motifs is 1. The van der Waals surface area contributed by atoms with Crippen molar-refractivity contribution in [1.29, 1.82) is 0 Å². The summed E-state index contributed by atoms with van der Waals surface area (Å²) in [6.07, 6.45) is 3.79. The molecule has 2 aromatic rings. The summed E-state index contributed by atoms with van der Waals surface area (Å²) in [6, 6.07) is 6.22. The van der Waals surface area contributed by atoms with Crippen molar-refractivity contribution in [3.8, 4) is 0 Å². The topological polar surface area (TPSA) is 65.8 Å². The molecule has 0 unspecified atom stereocenters. The van der Waals surface area contributed by atoms with E-state index < -0.39 is 5.60 Å². The van der Waals surface area contributed by atoms with E-state index in [4.69, 9.17) is 19.1 Å². The van der Waals surface area contributed by atoms with E-state index in [0.717, 1.165) is 48.8 Å². The number of carbonyl (C=O) groups excluding carboxylic acids is 1. The van der Waals surface area contributed by atoms with Crippen LogP contribution in [0.2, 0.25) is 0 Å². The number of hydrogen-bond donors (Lipinski definition) is 0. The highest BCUT2D eigenvalue weighted by atomic mass is 16.7. The molecule has 7 nitrogen and oxygen atoms in total. The Morgan fingerprint density at radius 1 is 1.16 bits per heavy atom. The number of rotatable bonds is 3. The minimum atomic E-state index is -0.456. The maximum Gasteiger partial charge on any atom is 0.494 e. The summed E-state index contributed by atoms with van der Waals surface area (Å²) >= 11 is 0. The molecule has 0 bridgehead atoms. The van der Waals surface area contributed by atoms with Crippen molar-refractivity contribution in [3.05, 3.63) is 24.4 Å². The van der Waals surface area contributed by atoms with E-state index in [1.54, 1.807) is 0 Å². The van der Waals surface area contributed by atoms with Gasteiger partial charge in [-0.05, 0) is 78.8 Å². The van der Waals surface area contributed by atoms with E-state index in [0.29, 0.717) is 5.92 Å². The molecule has 2 fully saturated rings. The van der Waals surface area contributed by atoms with Gasteiger partial charge >= 0.3 is 13.2 Å². The van der Waals surface area contributed by atoms with Crippen molar-refractivity contribution in [1.82, 2.24) is 14.7 Å². The Hall–Kier alpha value is -2.06. The molecule has 0 spiro atoms. The number of aromatic nitrogens is 2. The monoisotopic (exact) mass is 441 g/mol. The SMILES string of the molecule is CC(C)(C)OC(=O)N1CCC(Cn2cc3ccc(B4OC(C)(C)C(C)(C)O4)cc3n2)CC1. The first-order chi connectivity index (χ1) is 14.8. The maximum atomic E-state index is 12.3. The molecule has 8 heteroatoms. The summed E-state index contributed by atoms with van der Waals surface area (Å²) < 4.78 is 19.9. The van der Waals surface area contributed by atoms with Gasteiger partial charge in [-0.15, -0.1) is 0 Å². The van der Waals surface area contributed by atoms with Crippen LogP contribution >= 0.6 is 0 Å². The van der Waals surface area contributed by atoms with E-state index in [1.165, 1.54) is 0 Å². The number of hydrogen-bond acceptors (Lipinski definition) is 5. The highest BCUT2D eigenvalue weighted by Crippen LogP contribution is 2.36. The largest absolute Gasteiger partial charge is 0.494 e. The van der Waals surface area contributed by atoms with Gasteiger partial charge in [0, 0.05) is 31.2 Å². The molecule has 174 valence electrons. The van der Waals surface area contributed by atoms with Crippen LogP contribution < -0.4 is 5.46 Å². The third-order valence-corrected chi connectivity index (χ3v) is 6.82. The zero-order valence-electron chi connectivity index (χ0n) is 20.5. The molecule has 4 rings (SSSR count). The van der Waals surface area contributed by atoms with Crippen LogP contribution in [0.15, 0.2) is 24.4 Å². The summed E-state index contributed by atoms with van der Waals surface area (Å²) in [5.41, 5.74) is 0.762. The molecule has 0 aliphatic carbocycles. The second-order valence-corrected chi connectivity index (χ2v) is 11.2. The van der Waals surface area contributed by atoms with Crippen LogP contribution in [0.3, 0.4) is 0 Å². The Labute approximate surface area is 191 Å². The van der Waals surface area contributed by atoms with Crippen molar-refractivity contribution < 1.29 is 18.8 Å². The van der Waals surface area contributed by atoms with Gasteiger partial charge in [-0.1, -0.05) is 12.1 Å². The summed E-state index contributed by atoms with van der Waals surface area (Å²) in [5.74, 6) is 0.491. The lowest BCUT2D eigenvalue weighted by Crippen LogP contribution is -2.42. The number of ether oxygens (including phenoxy) is 1. The smallest absolute Gasteiger partial charge is 0.444 e. The van der Waals surface area contributed by atoms with Gasteiger partial charge in [0.2, 0.25) is 0 Å². The second kappa shape index (κ2) is 8.06. The molecule has 3 heterocycles. The summed E-state index contributed by atoms with van der Waals surface area (Å²) in [7, 11) is -0.383. The predicted molar refractivity (Wildman–Crippen MR) is 126 cm³/mol. The fraction of sp³-hybridized carbons (Fsp3) is 0.667. The molecule has 1 amide bonds. The average molecular weight is 441 g/mol. The fourth-order valence-corrected chi connectivity index (χ4v) is 4.19. The van der Waals surface area contributed by atoms with Gasteiger partial charge in [-0.2, -0.15) is 5.10 Å². The lowest BCUT2D eigenvalue weighted by molar-refractivity contribution is 0.00578. The predicted octanol–water partition coefficient (Wildman–Crippen LogP) is 3.98. The number of piperidine rings is 1. The molecular formula is C24H36BN3O4. The van der Waals surface area contributed by atoms with Crippen LogP contribution in [0, 0.1) is 5.92 Å². The average Bonchev–Trinajstić information content (AvgIpc) is 3.16. The van der Waals surface area contributed by atoms with Gasteiger partial charge in [-0.3, -0.25) is 4.68 Å². The number of amides is 1. The third-order valence-electron chi connectivity index (χ3n) is 6.82. The Balaban J connectivity index is 1.38. The van der Waals surface area contributed by atoms with Crippen LogP contribution in [-0.4, -0.2) is 57.8 Å². The number of likely N-dealkylation sites (tertiary alicyclic amines) is 1. The number of benzene rings is 1. The first-order valence-electron chi connectivity index (χ1n) is 11.6. The van der Waals surface area contributed by atoms with Crippen LogP contribution in [-0.2, 0) is 20.6 Å². The summed E-state index contributed by atoms with van der Waals surface area (Å²) in [4.78, 5) is 14.1. The Morgan fingerprint density at radius 3 is 2.38 bits per heavy atom. The summed E-state index contributed by atoms with van der Waals surface area (Å²) in [5, 5.41) is 5.92. The number of nitrogens with zero attached hydrogens (tertiary/aromatic N) is 3. The van der Waals surface area contributed by atoms with Crippen molar-refractivity contribution in [2.24, 2.45) is 5.92 Å². The molecule has 0 saturated carbocycles. The van der Waals surface area contributed by atoms with Gasteiger partial charge in [-0.25, -0.2) is 4.79 Å². The van der Waals surface area contributed by atoms with Crippen LogP contribution in [0.4, 0.5) is 4.79 Å². The Morgan fingerprint density at radius 2 is 1.78 bits per heavy atom. The minimum absolute atomic E-state index is 0.212. The molecule has 2 saturated heterocycles. The second-order valence-electron chi connectivity index (χ2n) is 11.2. The lowest BCUT2D eigenvalue weighted by Gasteiger charge is -2.33. The van der Waals surface area contributed by atoms with E-state index in [2.05, 4.69) is 52.1 Å². The molecule has 32 heavy (non-hydrogen) atoms. The number of carbonyl (C=O) groups is 1. The maximum absolute atomic E-state index is 12.3. The van der Waals surface area contributed by atoms with Gasteiger partial charge in [0.25, 0.3) is 0 Å². The van der Waals surface area contributed by atoms with E-state index in [9.17, 15) is 4.79 Å². The standard InChI is InChI=1S/C24H36BN3O4/c1-22(2,3)30-21(29)27-12-10-17(11-13-27)15-28-16-18-8-9-19(14-20(18)26-28)25-31-23(4,5)24(6,7)32-25/h8-9,14,16-17H,10-13,15H2,1-7H3. The Bertz CT molecular complexity index is 971. The zero-order chi connectivity index (χ0) is 23.3. The van der Waals surface area contributed by atoms with Crippen LogP contribution in [0.1, 0.15) is 61.3 Å². The van der Waals surface area contributed by atoms with Crippen molar-refractivity contribution >= 4 is 29.6 Å². The minimum Gasteiger partial charge on any atom is -0.444 e. The fourth-order valence-electron chi connectivity index (χ4n) is 4.19. The normalized spacial score (nSPS) is 21.3. The van der Waals surface area contributed by atoms with E-state index in [1.807, 2.05) is 30.4 Å². The lowest BCUT2D eigenvalue weighted by atomic mass is 9.79.